The van der Waals surface area contributed by atoms with E-state index in [2.05, 4.69) is 43.9 Å². The van der Waals surface area contributed by atoms with E-state index in [1.807, 2.05) is 0 Å². The Kier molecular flexibility index (Phi) is 9.31. The number of amides is 3. The second-order valence-corrected chi connectivity index (χ2v) is 8.17. The van der Waals surface area contributed by atoms with Crippen LogP contribution in [0.15, 0.2) is 12.5 Å². The molecule has 4 atom stereocenters. The molecule has 1 aliphatic rings. The second kappa shape index (κ2) is 11.7. The van der Waals surface area contributed by atoms with Crippen LogP contribution in [-0.4, -0.2) is 75.2 Å². The minimum atomic E-state index is -1.17. The van der Waals surface area contributed by atoms with E-state index in [-0.39, 0.29) is 30.0 Å². The highest BCUT2D eigenvalue weighted by atomic mass is 32.1. The van der Waals surface area contributed by atoms with Crippen molar-refractivity contribution < 1.29 is 24.3 Å². The standard InChI is InChI=1S/C19H30N6O5S/c1-10(2)15(19(29)30)25-17(27)13(6-11-7-20-9-22-11)23-18(28)14(8-31)24-16(26)12-4-3-5-21-12/h7,9-10,12-15,21,31H,3-6,8H2,1-2H3,(H,20,22)(H,23,28)(H,24,26)(H,25,27)(H,29,30). The van der Waals surface area contributed by atoms with Crippen LogP contribution in [0.25, 0.3) is 0 Å². The van der Waals surface area contributed by atoms with Gasteiger partial charge in [-0.25, -0.2) is 9.78 Å². The van der Waals surface area contributed by atoms with Crippen molar-refractivity contribution in [2.75, 3.05) is 12.3 Å². The van der Waals surface area contributed by atoms with Gasteiger partial charge in [-0.3, -0.25) is 14.4 Å². The van der Waals surface area contributed by atoms with Crippen LogP contribution in [-0.2, 0) is 25.6 Å². The predicted octanol–water partition coefficient (Wildman–Crippen LogP) is -1.17. The molecule has 1 fully saturated rings. The molecule has 0 aliphatic carbocycles. The number of thiol groups is 1. The molecule has 1 aliphatic heterocycles. The van der Waals surface area contributed by atoms with Crippen molar-refractivity contribution in [2.24, 2.45) is 5.92 Å². The molecule has 6 N–H and O–H groups in total. The minimum Gasteiger partial charge on any atom is -0.480 e. The average Bonchev–Trinajstić information content (AvgIpc) is 3.42. The van der Waals surface area contributed by atoms with Gasteiger partial charge in [0.15, 0.2) is 0 Å². The van der Waals surface area contributed by atoms with Crippen LogP contribution in [0.2, 0.25) is 0 Å². The van der Waals surface area contributed by atoms with E-state index in [1.165, 1.54) is 12.5 Å². The van der Waals surface area contributed by atoms with Gasteiger partial charge >= 0.3 is 5.97 Å². The maximum atomic E-state index is 12.8. The van der Waals surface area contributed by atoms with Crippen LogP contribution in [0.5, 0.6) is 0 Å². The first-order valence-electron chi connectivity index (χ1n) is 10.2. The van der Waals surface area contributed by atoms with E-state index in [0.717, 1.165) is 13.0 Å². The fourth-order valence-electron chi connectivity index (χ4n) is 3.24. The van der Waals surface area contributed by atoms with Crippen molar-refractivity contribution in [1.29, 1.82) is 0 Å². The SMILES string of the molecule is CC(C)C(NC(=O)C(Cc1cnc[nH]1)NC(=O)C(CS)NC(=O)C1CCCN1)C(=O)O. The summed E-state index contributed by atoms with van der Waals surface area (Å²) in [6, 6.07) is -3.49. The fourth-order valence-corrected chi connectivity index (χ4v) is 3.50. The van der Waals surface area contributed by atoms with Crippen LogP contribution >= 0.6 is 12.6 Å². The monoisotopic (exact) mass is 454 g/mol. The van der Waals surface area contributed by atoms with Crippen molar-refractivity contribution in [3.8, 4) is 0 Å². The number of aliphatic carboxylic acids is 1. The summed E-state index contributed by atoms with van der Waals surface area (Å²) in [5.41, 5.74) is 0.582. The maximum Gasteiger partial charge on any atom is 0.326 e. The number of carbonyl (C=O) groups is 4. The number of hydrogen-bond acceptors (Lipinski definition) is 7. The molecule has 12 heteroatoms. The molecular weight excluding hydrogens is 424 g/mol. The van der Waals surface area contributed by atoms with Gasteiger partial charge in [0.25, 0.3) is 0 Å². The third-order valence-corrected chi connectivity index (χ3v) is 5.40. The third kappa shape index (κ3) is 7.24. The van der Waals surface area contributed by atoms with Crippen LogP contribution in [0.1, 0.15) is 32.4 Å². The number of nitrogens with zero attached hydrogens (tertiary/aromatic N) is 1. The highest BCUT2D eigenvalue weighted by Crippen LogP contribution is 2.07. The summed E-state index contributed by atoms with van der Waals surface area (Å²) in [7, 11) is 0. The van der Waals surface area contributed by atoms with Gasteiger partial charge in [-0.1, -0.05) is 13.8 Å². The first kappa shape index (κ1) is 24.7. The molecule has 1 aromatic rings. The van der Waals surface area contributed by atoms with Crippen molar-refractivity contribution in [1.82, 2.24) is 31.2 Å². The van der Waals surface area contributed by atoms with E-state index >= 15 is 0 Å². The molecule has 31 heavy (non-hydrogen) atoms. The number of carbonyl (C=O) groups excluding carboxylic acids is 3. The Bertz CT molecular complexity index is 766. The van der Waals surface area contributed by atoms with Crippen LogP contribution in [0.3, 0.4) is 0 Å². The van der Waals surface area contributed by atoms with Gasteiger partial charge in [-0.05, 0) is 25.3 Å². The number of hydrogen-bond donors (Lipinski definition) is 7. The molecule has 0 spiro atoms. The molecule has 0 aromatic carbocycles. The van der Waals surface area contributed by atoms with Gasteiger partial charge in [0.05, 0.1) is 12.4 Å². The van der Waals surface area contributed by atoms with Gasteiger partial charge < -0.3 is 31.4 Å². The van der Waals surface area contributed by atoms with Crippen molar-refractivity contribution in [3.05, 3.63) is 18.2 Å². The Labute approximate surface area is 185 Å². The topological polar surface area (TPSA) is 165 Å². The highest BCUT2D eigenvalue weighted by molar-refractivity contribution is 7.80. The normalized spacial score (nSPS) is 18.8. The van der Waals surface area contributed by atoms with Crippen LogP contribution in [0.4, 0.5) is 0 Å². The summed E-state index contributed by atoms with van der Waals surface area (Å²) in [6.07, 6.45) is 4.57. The molecular formula is C19H30N6O5S. The summed E-state index contributed by atoms with van der Waals surface area (Å²) in [4.78, 5) is 56.2. The minimum absolute atomic E-state index is 0.0342. The van der Waals surface area contributed by atoms with E-state index in [0.29, 0.717) is 12.1 Å². The Morgan fingerprint density at radius 1 is 1.19 bits per heavy atom. The lowest BCUT2D eigenvalue weighted by atomic mass is 10.0. The number of carboxylic acid groups (broad SMARTS) is 1. The molecule has 0 saturated carbocycles. The lowest BCUT2D eigenvalue weighted by molar-refractivity contribution is -0.143. The zero-order valence-corrected chi connectivity index (χ0v) is 18.4. The number of rotatable bonds is 11. The zero-order valence-electron chi connectivity index (χ0n) is 17.6. The summed E-state index contributed by atoms with van der Waals surface area (Å²) < 4.78 is 0. The Hall–Kier alpha value is -2.60. The number of nitrogens with one attached hydrogen (secondary N) is 5. The van der Waals surface area contributed by atoms with Crippen LogP contribution < -0.4 is 21.3 Å². The number of aromatic nitrogens is 2. The average molecular weight is 455 g/mol. The molecule has 172 valence electrons. The highest BCUT2D eigenvalue weighted by Gasteiger charge is 2.32. The summed E-state index contributed by atoms with van der Waals surface area (Å²) in [5, 5.41) is 20.2. The van der Waals surface area contributed by atoms with E-state index in [1.54, 1.807) is 13.8 Å². The maximum absolute atomic E-state index is 12.8. The number of carboxylic acids is 1. The van der Waals surface area contributed by atoms with Crippen molar-refractivity contribution >= 4 is 36.3 Å². The molecule has 4 unspecified atom stereocenters. The predicted molar refractivity (Wildman–Crippen MR) is 115 cm³/mol. The summed E-state index contributed by atoms with van der Waals surface area (Å²) in [6.45, 7) is 4.08. The van der Waals surface area contributed by atoms with E-state index in [4.69, 9.17) is 0 Å². The van der Waals surface area contributed by atoms with Crippen molar-refractivity contribution in [2.45, 2.75) is 57.3 Å². The number of aromatic amines is 1. The molecule has 2 heterocycles. The second-order valence-electron chi connectivity index (χ2n) is 7.80. The molecule has 11 nitrogen and oxygen atoms in total. The van der Waals surface area contributed by atoms with Gasteiger partial charge in [-0.2, -0.15) is 12.6 Å². The Morgan fingerprint density at radius 3 is 2.42 bits per heavy atom. The summed E-state index contributed by atoms with van der Waals surface area (Å²) in [5.74, 6) is -3.02. The van der Waals surface area contributed by atoms with Crippen molar-refractivity contribution in [3.63, 3.8) is 0 Å². The van der Waals surface area contributed by atoms with Gasteiger partial charge in [0, 0.05) is 24.1 Å². The largest absolute Gasteiger partial charge is 0.480 e. The van der Waals surface area contributed by atoms with E-state index < -0.39 is 35.9 Å². The molecule has 0 radical (unpaired) electrons. The Morgan fingerprint density at radius 2 is 1.90 bits per heavy atom. The van der Waals surface area contributed by atoms with Gasteiger partial charge in [-0.15, -0.1) is 0 Å². The van der Waals surface area contributed by atoms with Gasteiger partial charge in [0.2, 0.25) is 17.7 Å². The molecule has 1 aromatic heterocycles. The molecule has 2 rings (SSSR count). The number of imidazole rings is 1. The molecule has 0 bridgehead atoms. The van der Waals surface area contributed by atoms with Gasteiger partial charge in [0.1, 0.15) is 18.1 Å². The fraction of sp³-hybridized carbons (Fsp3) is 0.632. The first-order valence-corrected chi connectivity index (χ1v) is 10.8. The van der Waals surface area contributed by atoms with Crippen LogP contribution in [0, 0.1) is 5.92 Å². The smallest absolute Gasteiger partial charge is 0.326 e. The molecule has 1 saturated heterocycles. The zero-order chi connectivity index (χ0) is 23.0. The number of H-pyrrole nitrogens is 1. The lowest BCUT2D eigenvalue weighted by Gasteiger charge is -2.25. The Balaban J connectivity index is 2.09. The lowest BCUT2D eigenvalue weighted by Crippen LogP contribution is -2.58. The third-order valence-electron chi connectivity index (χ3n) is 5.03. The van der Waals surface area contributed by atoms with E-state index in [9.17, 15) is 24.3 Å². The quantitative estimate of drug-likeness (QED) is 0.207. The molecule has 3 amide bonds. The summed E-state index contributed by atoms with van der Waals surface area (Å²) >= 11 is 4.15. The first-order chi connectivity index (χ1) is 14.7.